The summed E-state index contributed by atoms with van der Waals surface area (Å²) < 4.78 is 35.1. The first-order valence-corrected chi connectivity index (χ1v) is 4.46. The Bertz CT molecular complexity index is 273. The van der Waals surface area contributed by atoms with Gasteiger partial charge in [-0.15, -0.1) is 0 Å². The Hall–Kier alpha value is 0.340. The van der Waals surface area contributed by atoms with Gasteiger partial charge >= 0.3 is 35.5 Å². The fourth-order valence-corrected chi connectivity index (χ4v) is 1.22. The van der Waals surface area contributed by atoms with E-state index in [0.717, 1.165) is 7.11 Å². The molecule has 0 aromatic heterocycles. The molecule has 72 valence electrons. The third kappa shape index (κ3) is 3.19. The van der Waals surface area contributed by atoms with Gasteiger partial charge in [0.15, 0.2) is 0 Å². The van der Waals surface area contributed by atoms with Crippen molar-refractivity contribution in [1.29, 1.82) is 0 Å². The van der Waals surface area contributed by atoms with E-state index in [1.165, 1.54) is 6.92 Å². The molecule has 0 aromatic carbocycles. The number of rotatable bonds is 3. The number of hydrogen-bond donors (Lipinski definition) is 1. The summed E-state index contributed by atoms with van der Waals surface area (Å²) in [6.07, 6.45) is -0.536. The summed E-state index contributed by atoms with van der Waals surface area (Å²) in [7, 11) is -4.21. The van der Waals surface area contributed by atoms with Crippen LogP contribution in [0.3, 0.4) is 0 Å². The van der Waals surface area contributed by atoms with Crippen LogP contribution in [0.2, 0.25) is 0 Å². The van der Waals surface area contributed by atoms with Crippen LogP contribution in [0.4, 0.5) is 0 Å². The van der Waals surface area contributed by atoms with Crippen LogP contribution in [0.5, 0.6) is 0 Å². The van der Waals surface area contributed by atoms with Crippen molar-refractivity contribution in [2.75, 3.05) is 7.11 Å². The van der Waals surface area contributed by atoms with Gasteiger partial charge < -0.3 is 14.4 Å². The van der Waals surface area contributed by atoms with Gasteiger partial charge in [-0.2, -0.15) is 0 Å². The number of methoxy groups -OCH3 is 1. The molecule has 0 bridgehead atoms. The van der Waals surface area contributed by atoms with Crippen molar-refractivity contribution in [2.45, 2.75) is 18.3 Å². The summed E-state index contributed by atoms with van der Waals surface area (Å²) in [5.41, 5.74) is 0. The normalized spacial score (nSPS) is 15.4. The Balaban J connectivity index is 0. The maximum Gasteiger partial charge on any atom is 1.00 e. The van der Waals surface area contributed by atoms with Crippen LogP contribution in [0.1, 0.15) is 13.3 Å². The van der Waals surface area contributed by atoms with Gasteiger partial charge in [0.1, 0.15) is 10.1 Å². The van der Waals surface area contributed by atoms with Crippen LogP contribution in [-0.4, -0.2) is 36.1 Å². The Morgan fingerprint density at radius 3 is 2.08 bits per heavy atom. The Morgan fingerprint density at radius 1 is 1.62 bits per heavy atom. The Labute approximate surface area is 98.3 Å². The first kappa shape index (κ1) is 15.8. The van der Waals surface area contributed by atoms with Crippen molar-refractivity contribution >= 4 is 16.1 Å². The summed E-state index contributed by atoms with van der Waals surface area (Å²) in [4.78, 5) is 7.70. The van der Waals surface area contributed by atoms with Gasteiger partial charge in [-0.05, 0) is 6.42 Å². The van der Waals surface area contributed by atoms with Crippen molar-refractivity contribution in [1.82, 2.24) is 0 Å². The summed E-state index contributed by atoms with van der Waals surface area (Å²) >= 11 is 0. The van der Waals surface area contributed by atoms with Crippen LogP contribution in [-0.2, 0) is 19.6 Å². The van der Waals surface area contributed by atoms with Gasteiger partial charge in [0.2, 0.25) is 0 Å². The minimum atomic E-state index is -5.09. The minimum absolute atomic E-state index is 0. The van der Waals surface area contributed by atoms with Gasteiger partial charge in [-0.25, -0.2) is 13.2 Å². The van der Waals surface area contributed by atoms with E-state index in [9.17, 15) is 17.8 Å². The summed E-state index contributed by atoms with van der Waals surface area (Å²) in [6.45, 7) is 1.19. The van der Waals surface area contributed by atoms with Crippen LogP contribution in [0.25, 0.3) is 0 Å². The van der Waals surface area contributed by atoms with E-state index in [4.69, 9.17) is 5.11 Å². The van der Waals surface area contributed by atoms with Gasteiger partial charge in [0, 0.05) is 0 Å². The molecule has 8 heteroatoms. The Kier molecular flexibility index (Phi) is 6.41. The SMILES string of the molecule is CCC(O)(C(=O)OC)S(=O)(=O)[O-].[Na+]. The molecule has 0 heterocycles. The molecule has 0 fully saturated rings. The van der Waals surface area contributed by atoms with Gasteiger partial charge in [-0.1, -0.05) is 6.92 Å². The second-order valence-corrected chi connectivity index (χ2v) is 3.67. The maximum absolute atomic E-state index is 10.7. The molecule has 0 saturated carbocycles. The van der Waals surface area contributed by atoms with E-state index in [0.29, 0.717) is 0 Å². The zero-order chi connectivity index (χ0) is 9.99. The number of esters is 1. The quantitative estimate of drug-likeness (QED) is 0.294. The van der Waals surface area contributed by atoms with Crippen molar-refractivity contribution in [3.8, 4) is 0 Å². The van der Waals surface area contributed by atoms with E-state index in [1.807, 2.05) is 0 Å². The second kappa shape index (κ2) is 5.28. The zero-order valence-electron chi connectivity index (χ0n) is 7.60. The monoisotopic (exact) mass is 220 g/mol. The number of carbonyl (C=O) groups is 1. The third-order valence-corrected chi connectivity index (χ3v) is 2.68. The van der Waals surface area contributed by atoms with Crippen molar-refractivity contribution in [2.24, 2.45) is 0 Å². The smallest absolute Gasteiger partial charge is 0.745 e. The number of aliphatic hydroxyl groups is 1. The van der Waals surface area contributed by atoms with Crippen LogP contribution < -0.4 is 29.6 Å². The summed E-state index contributed by atoms with van der Waals surface area (Å²) in [5.74, 6) is -1.46. The van der Waals surface area contributed by atoms with Gasteiger partial charge in [0.05, 0.1) is 7.11 Å². The van der Waals surface area contributed by atoms with Crippen molar-refractivity contribution in [3.05, 3.63) is 0 Å². The van der Waals surface area contributed by atoms with E-state index < -0.39 is 27.4 Å². The molecule has 0 aromatic rings. The van der Waals surface area contributed by atoms with E-state index in [-0.39, 0.29) is 29.6 Å². The van der Waals surface area contributed by atoms with Crippen molar-refractivity contribution < 1.29 is 57.2 Å². The third-order valence-electron chi connectivity index (χ3n) is 1.40. The predicted octanol–water partition coefficient (Wildman–Crippen LogP) is -4.19. The second-order valence-electron chi connectivity index (χ2n) is 2.08. The molecular weight excluding hydrogens is 211 g/mol. The summed E-state index contributed by atoms with van der Waals surface area (Å²) in [5, 5.41) is 9.05. The van der Waals surface area contributed by atoms with E-state index in [2.05, 4.69) is 4.74 Å². The van der Waals surface area contributed by atoms with Crippen LogP contribution in [0, 0.1) is 0 Å². The fourth-order valence-electron chi connectivity index (χ4n) is 0.583. The van der Waals surface area contributed by atoms with E-state index in [1.54, 1.807) is 0 Å². The molecule has 6 nitrogen and oxygen atoms in total. The molecule has 0 aliphatic heterocycles. The van der Waals surface area contributed by atoms with E-state index >= 15 is 0 Å². The predicted molar refractivity (Wildman–Crippen MR) is 37.0 cm³/mol. The first-order chi connectivity index (χ1) is 5.29. The average molecular weight is 220 g/mol. The molecule has 1 unspecified atom stereocenters. The van der Waals surface area contributed by atoms with Crippen molar-refractivity contribution in [3.63, 3.8) is 0 Å². The fraction of sp³-hybridized carbons (Fsp3) is 0.800. The molecule has 0 spiro atoms. The number of hydrogen-bond acceptors (Lipinski definition) is 6. The molecule has 0 saturated heterocycles. The molecule has 0 amide bonds. The molecule has 1 N–H and O–H groups in total. The molecule has 13 heavy (non-hydrogen) atoms. The van der Waals surface area contributed by atoms with Gasteiger partial charge in [0.25, 0.3) is 4.93 Å². The molecule has 0 aliphatic carbocycles. The molecule has 0 rings (SSSR count). The number of ether oxygens (including phenoxy) is 1. The standard InChI is InChI=1S/C5H10O6S.Na/c1-3-5(7,4(6)11-2)12(8,9)10;/h7H,3H2,1-2H3,(H,8,9,10);/q;+1/p-1. The molecular formula is C5H9NaO6S. The van der Waals surface area contributed by atoms with Crippen LogP contribution >= 0.6 is 0 Å². The topological polar surface area (TPSA) is 104 Å². The largest absolute Gasteiger partial charge is 1.00 e. The molecule has 0 radical (unpaired) electrons. The minimum Gasteiger partial charge on any atom is -0.745 e. The maximum atomic E-state index is 10.7. The average Bonchev–Trinajstić information content (AvgIpc) is 1.99. The first-order valence-electron chi connectivity index (χ1n) is 3.05. The van der Waals surface area contributed by atoms with Crippen LogP contribution in [0.15, 0.2) is 0 Å². The number of carbonyl (C=O) groups excluding carboxylic acids is 1. The molecule has 0 aliphatic rings. The summed E-state index contributed by atoms with van der Waals surface area (Å²) in [6, 6.07) is 0. The Morgan fingerprint density at radius 2 is 2.00 bits per heavy atom. The molecule has 1 atom stereocenters. The zero-order valence-corrected chi connectivity index (χ0v) is 10.4. The van der Waals surface area contributed by atoms with Gasteiger partial charge in [-0.3, -0.25) is 0 Å².